The summed E-state index contributed by atoms with van der Waals surface area (Å²) in [7, 11) is -3.62. The van der Waals surface area contributed by atoms with E-state index in [2.05, 4.69) is 11.3 Å². The highest BCUT2D eigenvalue weighted by Gasteiger charge is 2.33. The Labute approximate surface area is 150 Å². The number of nitrogens with one attached hydrogen (secondary N) is 1. The maximum atomic E-state index is 12.9. The van der Waals surface area contributed by atoms with Gasteiger partial charge in [0.2, 0.25) is 10.0 Å². The Morgan fingerprint density at radius 3 is 2.76 bits per heavy atom. The van der Waals surface area contributed by atoms with Crippen molar-refractivity contribution >= 4 is 15.9 Å². The summed E-state index contributed by atoms with van der Waals surface area (Å²) in [5, 5.41) is 0. The van der Waals surface area contributed by atoms with Crippen LogP contribution in [0.2, 0.25) is 0 Å². The minimum Gasteiger partial charge on any atom is -0.338 e. The third kappa shape index (κ3) is 4.12. The molecule has 1 heterocycles. The van der Waals surface area contributed by atoms with E-state index in [4.69, 9.17) is 0 Å². The monoisotopic (exact) mass is 362 g/mol. The summed E-state index contributed by atoms with van der Waals surface area (Å²) >= 11 is 0. The summed E-state index contributed by atoms with van der Waals surface area (Å²) in [6.45, 7) is 5.24. The zero-order chi connectivity index (χ0) is 17.9. The van der Waals surface area contributed by atoms with Crippen molar-refractivity contribution in [3.63, 3.8) is 0 Å². The minimum atomic E-state index is -3.62. The summed E-state index contributed by atoms with van der Waals surface area (Å²) < 4.78 is 26.9. The second kappa shape index (κ2) is 7.70. The molecule has 2 fully saturated rings. The van der Waals surface area contributed by atoms with E-state index in [1.54, 1.807) is 12.1 Å². The second-order valence-corrected chi connectivity index (χ2v) is 8.78. The summed E-state index contributed by atoms with van der Waals surface area (Å²) in [5.74, 6) is 1.30. The SMILES string of the molecule is C=CCNS(=O)(=O)c1cccc(C(=O)N2CC[C@@H]3CCCC[C@H]3C2)c1. The van der Waals surface area contributed by atoms with Gasteiger partial charge in [0.1, 0.15) is 0 Å². The normalized spacial score (nSPS) is 23.8. The molecular formula is C19H26N2O3S. The Morgan fingerprint density at radius 1 is 1.24 bits per heavy atom. The van der Waals surface area contributed by atoms with Crippen molar-refractivity contribution in [2.75, 3.05) is 19.6 Å². The van der Waals surface area contributed by atoms with Crippen LogP contribution in [0.25, 0.3) is 0 Å². The number of likely N-dealkylation sites (tertiary alicyclic amines) is 1. The summed E-state index contributed by atoms with van der Waals surface area (Å²) in [5.41, 5.74) is 0.440. The molecule has 136 valence electrons. The molecule has 5 nitrogen and oxygen atoms in total. The van der Waals surface area contributed by atoms with Gasteiger partial charge in [-0.1, -0.05) is 31.4 Å². The lowest BCUT2D eigenvalue weighted by molar-refractivity contribution is 0.0520. The smallest absolute Gasteiger partial charge is 0.253 e. The fraction of sp³-hybridized carbons (Fsp3) is 0.526. The average molecular weight is 362 g/mol. The number of fused-ring (bicyclic) bond motifs is 1. The molecule has 0 spiro atoms. The molecule has 0 unspecified atom stereocenters. The average Bonchev–Trinajstić information content (AvgIpc) is 2.65. The quantitative estimate of drug-likeness (QED) is 0.819. The van der Waals surface area contributed by atoms with Crippen LogP contribution in [0.3, 0.4) is 0 Å². The van der Waals surface area contributed by atoms with E-state index in [9.17, 15) is 13.2 Å². The highest BCUT2D eigenvalue weighted by molar-refractivity contribution is 7.89. The fourth-order valence-electron chi connectivity index (χ4n) is 4.02. The molecule has 25 heavy (non-hydrogen) atoms. The van der Waals surface area contributed by atoms with E-state index in [1.165, 1.54) is 43.9 Å². The lowest BCUT2D eigenvalue weighted by atomic mass is 9.75. The van der Waals surface area contributed by atoms with Gasteiger partial charge in [0.25, 0.3) is 5.91 Å². The Balaban J connectivity index is 1.74. The number of hydrogen-bond donors (Lipinski definition) is 1. The van der Waals surface area contributed by atoms with Gasteiger partial charge in [-0.3, -0.25) is 4.79 Å². The van der Waals surface area contributed by atoms with Crippen LogP contribution in [0.1, 0.15) is 42.5 Å². The molecule has 6 heteroatoms. The van der Waals surface area contributed by atoms with Gasteiger partial charge in [0.05, 0.1) is 4.90 Å². The van der Waals surface area contributed by atoms with E-state index in [-0.39, 0.29) is 17.3 Å². The third-order valence-electron chi connectivity index (χ3n) is 5.39. The van der Waals surface area contributed by atoms with Crippen molar-refractivity contribution < 1.29 is 13.2 Å². The molecule has 1 aromatic rings. The molecule has 3 rings (SSSR count). The molecule has 0 aromatic heterocycles. The lowest BCUT2D eigenvalue weighted by Crippen LogP contribution is -2.44. The first-order valence-electron chi connectivity index (χ1n) is 9.01. The molecule has 1 amide bonds. The molecule has 0 bridgehead atoms. The van der Waals surface area contributed by atoms with Gasteiger partial charge in [-0.15, -0.1) is 6.58 Å². The molecule has 1 aromatic carbocycles. The van der Waals surface area contributed by atoms with Crippen LogP contribution in [-0.2, 0) is 10.0 Å². The first-order chi connectivity index (χ1) is 12.0. The first kappa shape index (κ1) is 18.1. The molecule has 1 saturated heterocycles. The highest BCUT2D eigenvalue weighted by atomic mass is 32.2. The summed E-state index contributed by atoms with van der Waals surface area (Å²) in [4.78, 5) is 14.9. The number of benzene rings is 1. The predicted octanol–water partition coefficient (Wildman–Crippen LogP) is 2.80. The van der Waals surface area contributed by atoms with Gasteiger partial charge >= 0.3 is 0 Å². The van der Waals surface area contributed by atoms with Crippen LogP contribution in [0.5, 0.6) is 0 Å². The van der Waals surface area contributed by atoms with E-state index >= 15 is 0 Å². The zero-order valence-electron chi connectivity index (χ0n) is 14.5. The molecule has 1 N–H and O–H groups in total. The van der Waals surface area contributed by atoms with Crippen LogP contribution in [0.15, 0.2) is 41.8 Å². The van der Waals surface area contributed by atoms with Gasteiger partial charge in [-0.2, -0.15) is 0 Å². The highest BCUT2D eigenvalue weighted by Crippen LogP contribution is 2.36. The van der Waals surface area contributed by atoms with Crippen molar-refractivity contribution in [2.24, 2.45) is 11.8 Å². The van der Waals surface area contributed by atoms with Crippen LogP contribution in [0, 0.1) is 11.8 Å². The molecule has 1 aliphatic carbocycles. The Morgan fingerprint density at radius 2 is 2.00 bits per heavy atom. The van der Waals surface area contributed by atoms with Gasteiger partial charge < -0.3 is 4.90 Å². The lowest BCUT2D eigenvalue weighted by Gasteiger charge is -2.41. The molecular weight excluding hydrogens is 336 g/mol. The number of rotatable bonds is 5. The van der Waals surface area contributed by atoms with Gasteiger partial charge in [-0.25, -0.2) is 13.1 Å². The zero-order valence-corrected chi connectivity index (χ0v) is 15.3. The van der Waals surface area contributed by atoms with Gasteiger partial charge in [0, 0.05) is 25.2 Å². The number of carbonyl (C=O) groups is 1. The summed E-state index contributed by atoms with van der Waals surface area (Å²) in [6.07, 6.45) is 7.61. The topological polar surface area (TPSA) is 66.5 Å². The summed E-state index contributed by atoms with van der Waals surface area (Å²) in [6, 6.07) is 6.31. The Hall–Kier alpha value is -1.66. The van der Waals surface area contributed by atoms with E-state index < -0.39 is 10.0 Å². The Kier molecular flexibility index (Phi) is 5.59. The van der Waals surface area contributed by atoms with Crippen LogP contribution in [-0.4, -0.2) is 38.9 Å². The number of sulfonamides is 1. The molecule has 1 saturated carbocycles. The van der Waals surface area contributed by atoms with Crippen molar-refractivity contribution in [1.29, 1.82) is 0 Å². The number of piperidine rings is 1. The third-order valence-corrected chi connectivity index (χ3v) is 6.81. The van der Waals surface area contributed by atoms with Crippen LogP contribution in [0.4, 0.5) is 0 Å². The van der Waals surface area contributed by atoms with E-state index in [0.29, 0.717) is 11.5 Å². The van der Waals surface area contributed by atoms with E-state index in [0.717, 1.165) is 25.4 Å². The molecule has 1 aliphatic heterocycles. The first-order valence-corrected chi connectivity index (χ1v) is 10.5. The fourth-order valence-corrected chi connectivity index (χ4v) is 5.06. The molecule has 0 radical (unpaired) electrons. The van der Waals surface area contributed by atoms with Gasteiger partial charge in [-0.05, 0) is 42.9 Å². The largest absolute Gasteiger partial charge is 0.338 e. The van der Waals surface area contributed by atoms with Crippen molar-refractivity contribution in [2.45, 2.75) is 37.0 Å². The van der Waals surface area contributed by atoms with Crippen LogP contribution < -0.4 is 4.72 Å². The second-order valence-electron chi connectivity index (χ2n) is 7.01. The standard InChI is InChI=1S/C19H26N2O3S/c1-2-11-20-25(23,24)18-9-5-8-16(13-18)19(22)21-12-10-15-6-3-4-7-17(15)14-21/h2,5,8-9,13,15,17,20H,1,3-4,6-7,10-12,14H2/t15-,17-/m0/s1. The minimum absolute atomic E-state index is 0.0650. The molecule has 2 aliphatic rings. The maximum absolute atomic E-state index is 12.9. The van der Waals surface area contributed by atoms with Crippen molar-refractivity contribution in [1.82, 2.24) is 9.62 Å². The number of amides is 1. The number of hydrogen-bond acceptors (Lipinski definition) is 3. The van der Waals surface area contributed by atoms with Crippen LogP contribution >= 0.6 is 0 Å². The van der Waals surface area contributed by atoms with Crippen molar-refractivity contribution in [3.8, 4) is 0 Å². The van der Waals surface area contributed by atoms with Gasteiger partial charge in [0.15, 0.2) is 0 Å². The van der Waals surface area contributed by atoms with E-state index in [1.807, 2.05) is 4.90 Å². The predicted molar refractivity (Wildman–Crippen MR) is 97.8 cm³/mol. The maximum Gasteiger partial charge on any atom is 0.253 e. The number of carbonyl (C=O) groups excluding carboxylic acids is 1. The number of nitrogens with zero attached hydrogens (tertiary/aromatic N) is 1. The van der Waals surface area contributed by atoms with Crippen molar-refractivity contribution in [3.05, 3.63) is 42.5 Å². The molecule has 2 atom stereocenters. The Bertz CT molecular complexity index is 745.